The van der Waals surface area contributed by atoms with Crippen molar-refractivity contribution in [2.24, 2.45) is 7.05 Å². The lowest BCUT2D eigenvalue weighted by atomic mass is 10.0. The molecule has 4 nitrogen and oxygen atoms in total. The number of hydrogen-bond acceptors (Lipinski definition) is 4. The fourth-order valence-electron chi connectivity index (χ4n) is 2.38. The molecular weight excluding hydrogens is 348 g/mol. The van der Waals surface area contributed by atoms with Crippen LogP contribution in [0.5, 0.6) is 0 Å². The molecule has 0 saturated heterocycles. The van der Waals surface area contributed by atoms with Gasteiger partial charge in [-0.25, -0.2) is 4.98 Å². The summed E-state index contributed by atoms with van der Waals surface area (Å²) in [6.07, 6.45) is 0. The van der Waals surface area contributed by atoms with Gasteiger partial charge in [-0.3, -0.25) is 4.68 Å². The van der Waals surface area contributed by atoms with E-state index in [0.717, 1.165) is 36.9 Å². The second kappa shape index (κ2) is 5.27. The lowest BCUT2D eigenvalue weighted by molar-refractivity contribution is 0.782. The van der Waals surface area contributed by atoms with Gasteiger partial charge in [-0.05, 0) is 19.9 Å². The van der Waals surface area contributed by atoms with Crippen molar-refractivity contribution in [1.29, 1.82) is 0 Å². The van der Waals surface area contributed by atoms with Gasteiger partial charge in [0.25, 0.3) is 0 Å². The van der Waals surface area contributed by atoms with Gasteiger partial charge in [-0.2, -0.15) is 5.10 Å². The van der Waals surface area contributed by atoms with Crippen LogP contribution in [0.2, 0.25) is 0 Å². The predicted octanol–water partition coefficient (Wildman–Crippen LogP) is 4.17. The normalized spacial score (nSPS) is 11.0. The van der Waals surface area contributed by atoms with Crippen molar-refractivity contribution in [3.8, 4) is 21.7 Å². The average Bonchev–Trinajstić information content (AvgIpc) is 2.91. The maximum Gasteiger partial charge on any atom is 0.129 e. The van der Waals surface area contributed by atoms with Gasteiger partial charge in [0, 0.05) is 17.1 Å². The summed E-state index contributed by atoms with van der Waals surface area (Å²) in [5, 5.41) is 5.65. The Morgan fingerprint density at radius 1 is 1.24 bits per heavy atom. The Kier molecular flexibility index (Phi) is 3.59. The highest BCUT2D eigenvalue weighted by Crippen LogP contribution is 2.41. The quantitative estimate of drug-likeness (QED) is 0.743. The second-order valence-electron chi connectivity index (χ2n) is 4.86. The molecular formula is C15H15BrN4S. The van der Waals surface area contributed by atoms with Crippen LogP contribution < -0.4 is 5.73 Å². The number of nitrogen functional groups attached to an aromatic ring is 1. The number of thiazole rings is 1. The zero-order valence-electron chi connectivity index (χ0n) is 12.0. The van der Waals surface area contributed by atoms with Crippen LogP contribution in [-0.4, -0.2) is 14.8 Å². The molecule has 1 aromatic carbocycles. The number of anilines is 1. The van der Waals surface area contributed by atoms with Crippen LogP contribution in [0.3, 0.4) is 0 Å². The van der Waals surface area contributed by atoms with Crippen LogP contribution in [0.4, 0.5) is 5.82 Å². The number of benzene rings is 1. The van der Waals surface area contributed by atoms with Gasteiger partial charge in [0.05, 0.1) is 21.1 Å². The molecule has 2 heterocycles. The first-order valence-corrected chi connectivity index (χ1v) is 8.11. The van der Waals surface area contributed by atoms with Gasteiger partial charge in [-0.15, -0.1) is 11.3 Å². The summed E-state index contributed by atoms with van der Waals surface area (Å²) in [6, 6.07) is 8.05. The van der Waals surface area contributed by atoms with Crippen LogP contribution >= 0.6 is 27.3 Å². The van der Waals surface area contributed by atoms with E-state index in [9.17, 15) is 0 Å². The van der Waals surface area contributed by atoms with E-state index in [2.05, 4.69) is 26.0 Å². The van der Waals surface area contributed by atoms with Gasteiger partial charge in [0.2, 0.25) is 0 Å². The van der Waals surface area contributed by atoms with Crippen molar-refractivity contribution in [1.82, 2.24) is 14.8 Å². The molecule has 21 heavy (non-hydrogen) atoms. The summed E-state index contributed by atoms with van der Waals surface area (Å²) in [7, 11) is 1.86. The summed E-state index contributed by atoms with van der Waals surface area (Å²) < 4.78 is 2.73. The molecule has 0 atom stereocenters. The molecule has 0 aliphatic heterocycles. The zero-order valence-corrected chi connectivity index (χ0v) is 14.4. The first-order valence-electron chi connectivity index (χ1n) is 6.50. The fourth-order valence-corrected chi connectivity index (χ4v) is 3.77. The number of nitrogens with zero attached hydrogens (tertiary/aromatic N) is 3. The number of aromatic nitrogens is 3. The SMILES string of the molecule is Cc1nc(C)c(-c2nn(C)c(N)c2-c2ccccc2Br)s1. The summed E-state index contributed by atoms with van der Waals surface area (Å²) in [5.74, 6) is 0.655. The van der Waals surface area contributed by atoms with E-state index >= 15 is 0 Å². The van der Waals surface area contributed by atoms with Crippen LogP contribution in [0.1, 0.15) is 10.7 Å². The highest BCUT2D eigenvalue weighted by atomic mass is 79.9. The Balaban J connectivity index is 2.31. The van der Waals surface area contributed by atoms with Gasteiger partial charge in [0.1, 0.15) is 11.5 Å². The standard InChI is InChI=1S/C15H15BrN4S/c1-8-14(21-9(2)18-8)13-12(15(17)20(3)19-13)10-6-4-5-7-11(10)16/h4-7H,17H2,1-3H3. The molecule has 3 rings (SSSR count). The Bertz CT molecular complexity index is 819. The largest absolute Gasteiger partial charge is 0.383 e. The van der Waals surface area contributed by atoms with E-state index in [-0.39, 0.29) is 0 Å². The Morgan fingerprint density at radius 3 is 2.57 bits per heavy atom. The minimum absolute atomic E-state index is 0.655. The third-order valence-corrected chi connectivity index (χ3v) is 5.12. The summed E-state index contributed by atoms with van der Waals surface area (Å²) in [4.78, 5) is 5.57. The van der Waals surface area contributed by atoms with Crippen molar-refractivity contribution in [3.63, 3.8) is 0 Å². The van der Waals surface area contributed by atoms with Crippen molar-refractivity contribution in [2.75, 3.05) is 5.73 Å². The minimum Gasteiger partial charge on any atom is -0.383 e. The summed E-state index contributed by atoms with van der Waals surface area (Å²) in [6.45, 7) is 4.01. The third-order valence-electron chi connectivity index (χ3n) is 3.35. The van der Waals surface area contributed by atoms with E-state index in [1.807, 2.05) is 45.2 Å². The molecule has 2 N–H and O–H groups in total. The van der Waals surface area contributed by atoms with Crippen molar-refractivity contribution >= 4 is 33.1 Å². The van der Waals surface area contributed by atoms with E-state index < -0.39 is 0 Å². The van der Waals surface area contributed by atoms with E-state index in [0.29, 0.717) is 5.82 Å². The predicted molar refractivity (Wildman–Crippen MR) is 91.3 cm³/mol. The van der Waals surface area contributed by atoms with Gasteiger partial charge in [0.15, 0.2) is 0 Å². The van der Waals surface area contributed by atoms with E-state index in [4.69, 9.17) is 5.73 Å². The Hall–Kier alpha value is -1.66. The third kappa shape index (κ3) is 2.38. The molecule has 0 radical (unpaired) electrons. The van der Waals surface area contributed by atoms with Crippen LogP contribution in [0, 0.1) is 13.8 Å². The highest BCUT2D eigenvalue weighted by molar-refractivity contribution is 9.10. The lowest BCUT2D eigenvalue weighted by Gasteiger charge is -2.06. The number of rotatable bonds is 2. The molecule has 0 spiro atoms. The summed E-state index contributed by atoms with van der Waals surface area (Å²) in [5.41, 5.74) is 10.1. The van der Waals surface area contributed by atoms with Crippen molar-refractivity contribution in [3.05, 3.63) is 39.4 Å². The van der Waals surface area contributed by atoms with Gasteiger partial charge < -0.3 is 5.73 Å². The lowest BCUT2D eigenvalue weighted by Crippen LogP contribution is -1.98. The van der Waals surface area contributed by atoms with E-state index in [1.165, 1.54) is 0 Å². The highest BCUT2D eigenvalue weighted by Gasteiger charge is 2.22. The first-order chi connectivity index (χ1) is 9.99. The summed E-state index contributed by atoms with van der Waals surface area (Å²) >= 11 is 5.25. The number of aryl methyl sites for hydroxylation is 3. The molecule has 3 aromatic rings. The molecule has 108 valence electrons. The number of nitrogens with two attached hydrogens (primary N) is 1. The molecule has 0 saturated carbocycles. The van der Waals surface area contributed by atoms with Crippen LogP contribution in [-0.2, 0) is 7.05 Å². The Labute approximate surface area is 135 Å². The average molecular weight is 363 g/mol. The Morgan fingerprint density at radius 2 is 1.95 bits per heavy atom. The number of hydrogen-bond donors (Lipinski definition) is 1. The molecule has 0 aliphatic carbocycles. The van der Waals surface area contributed by atoms with Crippen molar-refractivity contribution in [2.45, 2.75) is 13.8 Å². The molecule has 0 unspecified atom stereocenters. The van der Waals surface area contributed by atoms with Crippen LogP contribution in [0.15, 0.2) is 28.7 Å². The van der Waals surface area contributed by atoms with E-state index in [1.54, 1.807) is 16.0 Å². The monoisotopic (exact) mass is 362 g/mol. The first kappa shape index (κ1) is 14.3. The molecule has 6 heteroatoms. The topological polar surface area (TPSA) is 56.7 Å². The van der Waals surface area contributed by atoms with Crippen molar-refractivity contribution < 1.29 is 0 Å². The van der Waals surface area contributed by atoms with Gasteiger partial charge >= 0.3 is 0 Å². The van der Waals surface area contributed by atoms with Gasteiger partial charge in [-0.1, -0.05) is 34.1 Å². The molecule has 0 aliphatic rings. The molecule has 2 aromatic heterocycles. The smallest absolute Gasteiger partial charge is 0.129 e. The fraction of sp³-hybridized carbons (Fsp3) is 0.200. The molecule has 0 fully saturated rings. The zero-order chi connectivity index (χ0) is 15.1. The molecule has 0 amide bonds. The molecule has 0 bridgehead atoms. The second-order valence-corrected chi connectivity index (χ2v) is 6.92. The minimum atomic E-state index is 0.655. The maximum absolute atomic E-state index is 6.26. The maximum atomic E-state index is 6.26. The van der Waals surface area contributed by atoms with Crippen LogP contribution in [0.25, 0.3) is 21.7 Å². The number of halogens is 1.